The zero-order valence-electron chi connectivity index (χ0n) is 19.7. The van der Waals surface area contributed by atoms with Gasteiger partial charge in [-0.05, 0) is 31.6 Å². The molecule has 0 amide bonds. The third kappa shape index (κ3) is 4.08. The van der Waals surface area contributed by atoms with E-state index in [1.54, 1.807) is 6.92 Å². The summed E-state index contributed by atoms with van der Waals surface area (Å²) in [5.41, 5.74) is -2.02. The van der Waals surface area contributed by atoms with Crippen LogP contribution in [0.4, 0.5) is 27.8 Å². The number of benzene rings is 1. The zero-order chi connectivity index (χ0) is 26.0. The van der Waals surface area contributed by atoms with Crippen molar-refractivity contribution >= 4 is 16.6 Å². The first-order valence-corrected chi connectivity index (χ1v) is 11.8. The maximum absolute atomic E-state index is 14.7. The molecule has 1 unspecified atom stereocenters. The van der Waals surface area contributed by atoms with Gasteiger partial charge in [-0.15, -0.1) is 0 Å². The molecule has 2 aliphatic rings. The van der Waals surface area contributed by atoms with Gasteiger partial charge >= 0.3 is 0 Å². The second-order valence-electron chi connectivity index (χ2n) is 9.98. The lowest BCUT2D eigenvalue weighted by atomic mass is 9.83. The number of nitrogens with zero attached hydrogens (tertiary/aromatic N) is 3. The molecule has 0 aliphatic heterocycles. The summed E-state index contributed by atoms with van der Waals surface area (Å²) in [7, 11) is 1.40. The summed E-state index contributed by atoms with van der Waals surface area (Å²) < 4.78 is 71.0. The van der Waals surface area contributed by atoms with Gasteiger partial charge in [0, 0.05) is 49.1 Å². The van der Waals surface area contributed by atoms with Crippen LogP contribution in [0.3, 0.4) is 0 Å². The summed E-state index contributed by atoms with van der Waals surface area (Å²) in [5.74, 6) is -3.56. The third-order valence-electron chi connectivity index (χ3n) is 7.68. The Morgan fingerprint density at radius 2 is 1.75 bits per heavy atom. The van der Waals surface area contributed by atoms with Gasteiger partial charge in [0.05, 0.1) is 17.0 Å². The van der Waals surface area contributed by atoms with Gasteiger partial charge in [0.2, 0.25) is 5.92 Å². The molecule has 192 valence electrons. The molecule has 2 aromatic heterocycles. The van der Waals surface area contributed by atoms with Crippen LogP contribution in [-0.4, -0.2) is 20.3 Å². The van der Waals surface area contributed by atoms with Gasteiger partial charge in [-0.3, -0.25) is 9.59 Å². The Morgan fingerprint density at radius 3 is 2.42 bits per heavy atom. The van der Waals surface area contributed by atoms with Crippen molar-refractivity contribution < 1.29 is 22.0 Å². The van der Waals surface area contributed by atoms with Crippen molar-refractivity contribution in [1.29, 1.82) is 0 Å². The van der Waals surface area contributed by atoms with Gasteiger partial charge in [-0.25, -0.2) is 26.6 Å². The molecular weight excluding hydrogens is 483 g/mol. The molecule has 11 heteroatoms. The molecule has 0 bridgehead atoms. The summed E-state index contributed by atoms with van der Waals surface area (Å²) in [5, 5.41) is 7.63. The standard InChI is InChI=1S/C25H25F5N4O2/c1-13(14-4-3-5-15(20(14)26)21(27)28)31-22-17-12-34(19(35)10-16(17)23(36)33(2)32-22)18-11-24(18)6-8-25(29,30)9-7-24/h3-5,10,12-13,18,21H,6-9,11H2,1-2H3,(H,31,32)/t13?,18-/m1/s1. The second-order valence-corrected chi connectivity index (χ2v) is 9.98. The molecule has 6 nitrogen and oxygen atoms in total. The minimum Gasteiger partial charge on any atom is -0.361 e. The van der Waals surface area contributed by atoms with Gasteiger partial charge < -0.3 is 9.88 Å². The Balaban J connectivity index is 1.53. The number of aryl methyl sites for hydroxylation is 1. The van der Waals surface area contributed by atoms with Crippen molar-refractivity contribution in [1.82, 2.24) is 14.3 Å². The van der Waals surface area contributed by atoms with E-state index < -0.39 is 40.9 Å². The molecule has 36 heavy (non-hydrogen) atoms. The van der Waals surface area contributed by atoms with Crippen molar-refractivity contribution in [3.05, 3.63) is 68.1 Å². The number of hydrogen-bond donors (Lipinski definition) is 1. The first kappa shape index (κ1) is 24.5. The molecule has 1 aromatic carbocycles. The van der Waals surface area contributed by atoms with Crippen LogP contribution in [0.15, 0.2) is 40.1 Å². The summed E-state index contributed by atoms with van der Waals surface area (Å²) in [6.07, 6.45) is -0.703. The highest BCUT2D eigenvalue weighted by Gasteiger charge is 2.59. The monoisotopic (exact) mass is 508 g/mol. The first-order chi connectivity index (χ1) is 16.9. The van der Waals surface area contributed by atoms with E-state index in [1.165, 1.54) is 36.0 Å². The Kier molecular flexibility index (Phi) is 5.72. The summed E-state index contributed by atoms with van der Waals surface area (Å²) in [6.45, 7) is 1.57. The number of rotatable bonds is 5. The molecule has 2 atom stereocenters. The van der Waals surface area contributed by atoms with Crippen molar-refractivity contribution in [2.45, 2.75) is 63.5 Å². The van der Waals surface area contributed by atoms with Crippen molar-refractivity contribution in [2.24, 2.45) is 12.5 Å². The Bertz CT molecular complexity index is 1460. The minimum atomic E-state index is -2.98. The van der Waals surface area contributed by atoms with Crippen LogP contribution in [0.1, 0.15) is 68.7 Å². The predicted molar refractivity (Wildman–Crippen MR) is 124 cm³/mol. The molecule has 0 saturated heterocycles. The zero-order valence-corrected chi connectivity index (χ0v) is 19.7. The van der Waals surface area contributed by atoms with E-state index in [2.05, 4.69) is 10.4 Å². The molecule has 5 rings (SSSR count). The van der Waals surface area contributed by atoms with Crippen LogP contribution in [-0.2, 0) is 7.05 Å². The maximum atomic E-state index is 14.7. The lowest BCUT2D eigenvalue weighted by molar-refractivity contribution is -0.0515. The van der Waals surface area contributed by atoms with Crippen LogP contribution in [0.25, 0.3) is 10.8 Å². The molecule has 2 fully saturated rings. The largest absolute Gasteiger partial charge is 0.361 e. The van der Waals surface area contributed by atoms with Gasteiger partial charge in [-0.2, -0.15) is 5.10 Å². The third-order valence-corrected chi connectivity index (χ3v) is 7.68. The van der Waals surface area contributed by atoms with Gasteiger partial charge in [0.15, 0.2) is 5.82 Å². The first-order valence-electron chi connectivity index (χ1n) is 11.8. The minimum absolute atomic E-state index is 0.00537. The summed E-state index contributed by atoms with van der Waals surface area (Å²) in [6, 6.07) is 3.87. The van der Waals surface area contributed by atoms with Crippen LogP contribution in [0, 0.1) is 11.2 Å². The maximum Gasteiger partial charge on any atom is 0.274 e. The van der Waals surface area contributed by atoms with E-state index in [9.17, 15) is 31.5 Å². The molecule has 2 saturated carbocycles. The number of fused-ring (bicyclic) bond motifs is 1. The highest BCUT2D eigenvalue weighted by atomic mass is 19.3. The SMILES string of the molecule is CC(Nc1nn(C)c(=O)c2cc(=O)n([C@@H]3CC34CCC(F)(F)CC4)cc12)c1cccc(C(F)F)c1F. The van der Waals surface area contributed by atoms with Crippen molar-refractivity contribution in [2.75, 3.05) is 5.32 Å². The van der Waals surface area contributed by atoms with Gasteiger partial charge in [-0.1, -0.05) is 18.2 Å². The Labute approximate surface area is 202 Å². The van der Waals surface area contributed by atoms with E-state index in [-0.39, 0.29) is 41.1 Å². The number of alkyl halides is 4. The Hall–Kier alpha value is -3.24. The molecule has 2 aliphatic carbocycles. The average molecular weight is 508 g/mol. The average Bonchev–Trinajstić information content (AvgIpc) is 3.52. The molecule has 1 spiro atoms. The van der Waals surface area contributed by atoms with Crippen LogP contribution < -0.4 is 16.4 Å². The van der Waals surface area contributed by atoms with Crippen molar-refractivity contribution in [3.63, 3.8) is 0 Å². The van der Waals surface area contributed by atoms with Crippen LogP contribution in [0.5, 0.6) is 0 Å². The number of aromatic nitrogens is 3. The van der Waals surface area contributed by atoms with Crippen molar-refractivity contribution in [3.8, 4) is 0 Å². The normalized spacial score (nSPS) is 21.2. The summed E-state index contributed by atoms with van der Waals surface area (Å²) in [4.78, 5) is 25.7. The van der Waals surface area contributed by atoms with Crippen LogP contribution in [0.2, 0.25) is 0 Å². The van der Waals surface area contributed by atoms with E-state index in [0.29, 0.717) is 24.6 Å². The van der Waals surface area contributed by atoms with Gasteiger partial charge in [0.1, 0.15) is 5.82 Å². The fourth-order valence-electron chi connectivity index (χ4n) is 5.41. The van der Waals surface area contributed by atoms with E-state index in [4.69, 9.17) is 0 Å². The number of nitrogens with one attached hydrogen (secondary N) is 1. The van der Waals surface area contributed by atoms with E-state index in [0.717, 1.165) is 10.7 Å². The quantitative estimate of drug-likeness (QED) is 0.463. The number of anilines is 1. The predicted octanol–water partition coefficient (Wildman–Crippen LogP) is 5.49. The molecule has 1 N–H and O–H groups in total. The van der Waals surface area contributed by atoms with E-state index >= 15 is 0 Å². The fourth-order valence-corrected chi connectivity index (χ4v) is 5.41. The smallest absolute Gasteiger partial charge is 0.274 e. The van der Waals surface area contributed by atoms with Crippen LogP contribution >= 0.6 is 0 Å². The topological polar surface area (TPSA) is 68.9 Å². The highest BCUT2D eigenvalue weighted by molar-refractivity contribution is 5.90. The lowest BCUT2D eigenvalue weighted by Crippen LogP contribution is -2.29. The molecular formula is C25H25F5N4O2. The summed E-state index contributed by atoms with van der Waals surface area (Å²) >= 11 is 0. The Morgan fingerprint density at radius 1 is 1.08 bits per heavy atom. The van der Waals surface area contributed by atoms with E-state index in [1.807, 2.05) is 0 Å². The molecule has 0 radical (unpaired) electrons. The fraction of sp³-hybridized carbons (Fsp3) is 0.480. The molecule has 3 aromatic rings. The second kappa shape index (κ2) is 8.41. The highest BCUT2D eigenvalue weighted by Crippen LogP contribution is 2.65. The number of halogens is 5. The number of pyridine rings is 1. The molecule has 2 heterocycles. The lowest BCUT2D eigenvalue weighted by Gasteiger charge is -2.29. The number of hydrogen-bond acceptors (Lipinski definition) is 4. The van der Waals surface area contributed by atoms with Gasteiger partial charge in [0.25, 0.3) is 17.5 Å².